The lowest BCUT2D eigenvalue weighted by molar-refractivity contribution is 0.0780. The van der Waals surface area contributed by atoms with Gasteiger partial charge in [-0.2, -0.15) is 5.10 Å². The van der Waals surface area contributed by atoms with Crippen molar-refractivity contribution in [2.45, 2.75) is 39.3 Å². The van der Waals surface area contributed by atoms with Gasteiger partial charge in [0.25, 0.3) is 0 Å². The molecule has 2 N–H and O–H groups in total. The molecule has 0 spiro atoms. The van der Waals surface area contributed by atoms with Crippen LogP contribution in [-0.4, -0.2) is 34.1 Å². The van der Waals surface area contributed by atoms with Crippen molar-refractivity contribution in [2.24, 2.45) is 5.92 Å². The van der Waals surface area contributed by atoms with Crippen molar-refractivity contribution in [3.8, 4) is 0 Å². The highest BCUT2D eigenvalue weighted by molar-refractivity contribution is 9.10. The van der Waals surface area contributed by atoms with Crippen LogP contribution in [0.5, 0.6) is 0 Å². The first-order valence-electron chi connectivity index (χ1n) is 6.24. The number of hydrogen-bond acceptors (Lipinski definition) is 3. The zero-order valence-electron chi connectivity index (χ0n) is 10.4. The maximum atomic E-state index is 10.0. The van der Waals surface area contributed by atoms with Crippen molar-refractivity contribution >= 4 is 15.9 Å². The molecule has 2 unspecified atom stereocenters. The molecule has 1 aliphatic rings. The van der Waals surface area contributed by atoms with Crippen LogP contribution in [0.15, 0.2) is 4.47 Å². The first-order valence-corrected chi connectivity index (χ1v) is 7.03. The zero-order chi connectivity index (χ0) is 12.4. The molecule has 96 valence electrons. The summed E-state index contributed by atoms with van der Waals surface area (Å²) >= 11 is 3.60. The summed E-state index contributed by atoms with van der Waals surface area (Å²) in [4.78, 5) is 0. The van der Waals surface area contributed by atoms with Gasteiger partial charge >= 0.3 is 0 Å². The fraction of sp³-hybridized carbons (Fsp3) is 0.750. The van der Waals surface area contributed by atoms with Gasteiger partial charge in [-0.1, -0.05) is 0 Å². The molecule has 5 heteroatoms. The Bertz CT molecular complexity index is 391. The highest BCUT2D eigenvalue weighted by Crippen LogP contribution is 2.26. The number of hydrogen-bond donors (Lipinski definition) is 2. The summed E-state index contributed by atoms with van der Waals surface area (Å²) in [6.45, 7) is 6.79. The number of aromatic nitrogens is 2. The third kappa shape index (κ3) is 2.72. The lowest BCUT2D eigenvalue weighted by Gasteiger charge is -2.28. The fourth-order valence-electron chi connectivity index (χ4n) is 2.43. The highest BCUT2D eigenvalue weighted by Gasteiger charge is 2.25. The van der Waals surface area contributed by atoms with Crippen molar-refractivity contribution in [1.29, 1.82) is 0 Å². The van der Waals surface area contributed by atoms with Gasteiger partial charge in [-0.15, -0.1) is 0 Å². The summed E-state index contributed by atoms with van der Waals surface area (Å²) in [6, 6.07) is 0. The Morgan fingerprint density at radius 1 is 1.59 bits per heavy atom. The topological polar surface area (TPSA) is 50.1 Å². The summed E-state index contributed by atoms with van der Waals surface area (Å²) < 4.78 is 3.12. The molecule has 0 bridgehead atoms. The van der Waals surface area contributed by atoms with E-state index in [4.69, 9.17) is 0 Å². The Hall–Kier alpha value is -0.390. The van der Waals surface area contributed by atoms with E-state index in [9.17, 15) is 5.11 Å². The summed E-state index contributed by atoms with van der Waals surface area (Å²) in [6.07, 6.45) is 1.54. The molecule has 0 aliphatic carbocycles. The number of aliphatic hydroxyl groups is 1. The predicted molar refractivity (Wildman–Crippen MR) is 71.0 cm³/mol. The molecule has 1 aromatic heterocycles. The first-order chi connectivity index (χ1) is 8.13. The number of nitrogens with one attached hydrogen (secondary N) is 1. The van der Waals surface area contributed by atoms with E-state index < -0.39 is 0 Å². The second kappa shape index (κ2) is 5.50. The summed E-state index contributed by atoms with van der Waals surface area (Å²) in [5.41, 5.74) is 2.23. The lowest BCUT2D eigenvalue weighted by Crippen LogP contribution is -2.41. The maximum Gasteiger partial charge on any atom is 0.0738 e. The third-order valence-electron chi connectivity index (χ3n) is 3.48. The summed E-state index contributed by atoms with van der Waals surface area (Å²) in [5.74, 6) is 0.293. The van der Waals surface area contributed by atoms with Crippen LogP contribution in [0.25, 0.3) is 0 Å². The van der Waals surface area contributed by atoms with Crippen molar-refractivity contribution in [3.05, 3.63) is 15.9 Å². The molecule has 2 atom stereocenters. The minimum Gasteiger partial charge on any atom is -0.393 e. The Morgan fingerprint density at radius 2 is 2.35 bits per heavy atom. The zero-order valence-corrected chi connectivity index (χ0v) is 12.0. The molecule has 4 nitrogen and oxygen atoms in total. The van der Waals surface area contributed by atoms with Crippen molar-refractivity contribution in [2.75, 3.05) is 13.1 Å². The van der Waals surface area contributed by atoms with E-state index in [2.05, 4.69) is 33.3 Å². The van der Waals surface area contributed by atoms with Gasteiger partial charge in [0.05, 0.1) is 22.0 Å². The molecule has 0 amide bonds. The molecule has 0 radical (unpaired) electrons. The molecule has 1 fully saturated rings. The molecule has 17 heavy (non-hydrogen) atoms. The lowest BCUT2D eigenvalue weighted by atomic mass is 9.91. The van der Waals surface area contributed by atoms with E-state index in [0.29, 0.717) is 5.92 Å². The SMILES string of the molecule is CCn1nc(C)c(Br)c1CC1CNCCC1O. The van der Waals surface area contributed by atoms with Crippen LogP contribution >= 0.6 is 15.9 Å². The summed E-state index contributed by atoms with van der Waals surface area (Å²) in [7, 11) is 0. The molecule has 2 rings (SSSR count). The van der Waals surface area contributed by atoms with E-state index in [1.807, 2.05) is 11.6 Å². The van der Waals surface area contributed by atoms with Crippen LogP contribution in [0.2, 0.25) is 0 Å². The normalized spacial score (nSPS) is 25.2. The Morgan fingerprint density at radius 3 is 3.00 bits per heavy atom. The minimum atomic E-state index is -0.191. The maximum absolute atomic E-state index is 10.0. The van der Waals surface area contributed by atoms with Crippen LogP contribution in [0.1, 0.15) is 24.7 Å². The van der Waals surface area contributed by atoms with Crippen LogP contribution in [0.4, 0.5) is 0 Å². The second-order valence-corrected chi connectivity index (χ2v) is 5.48. The largest absolute Gasteiger partial charge is 0.393 e. The monoisotopic (exact) mass is 301 g/mol. The van der Waals surface area contributed by atoms with Crippen LogP contribution in [0.3, 0.4) is 0 Å². The minimum absolute atomic E-state index is 0.191. The first kappa shape index (κ1) is 13.1. The second-order valence-electron chi connectivity index (χ2n) is 4.69. The number of aryl methyl sites for hydroxylation is 2. The number of aliphatic hydroxyl groups excluding tert-OH is 1. The molecule has 1 aliphatic heterocycles. The fourth-order valence-corrected chi connectivity index (χ4v) is 2.88. The highest BCUT2D eigenvalue weighted by atomic mass is 79.9. The van der Waals surface area contributed by atoms with Gasteiger partial charge in [-0.3, -0.25) is 4.68 Å². The van der Waals surface area contributed by atoms with E-state index in [-0.39, 0.29) is 6.10 Å². The predicted octanol–water partition coefficient (Wildman–Crippen LogP) is 1.49. The Labute approximate surface area is 111 Å². The van der Waals surface area contributed by atoms with Crippen molar-refractivity contribution < 1.29 is 5.11 Å². The van der Waals surface area contributed by atoms with Crippen LogP contribution in [-0.2, 0) is 13.0 Å². The smallest absolute Gasteiger partial charge is 0.0738 e. The number of piperidine rings is 1. The molecule has 0 aromatic carbocycles. The van der Waals surface area contributed by atoms with Gasteiger partial charge in [0.1, 0.15) is 0 Å². The van der Waals surface area contributed by atoms with E-state index in [1.165, 1.54) is 5.69 Å². The van der Waals surface area contributed by atoms with E-state index in [0.717, 1.165) is 42.6 Å². The number of nitrogens with zero attached hydrogens (tertiary/aromatic N) is 2. The quantitative estimate of drug-likeness (QED) is 0.889. The van der Waals surface area contributed by atoms with Crippen LogP contribution < -0.4 is 5.32 Å². The van der Waals surface area contributed by atoms with Gasteiger partial charge in [0.15, 0.2) is 0 Å². The molecule has 2 heterocycles. The van der Waals surface area contributed by atoms with Crippen LogP contribution in [0, 0.1) is 12.8 Å². The number of rotatable bonds is 3. The average Bonchev–Trinajstić information content (AvgIpc) is 2.59. The Kier molecular flexibility index (Phi) is 4.22. The summed E-state index contributed by atoms with van der Waals surface area (Å²) in [5, 5.41) is 17.8. The van der Waals surface area contributed by atoms with E-state index >= 15 is 0 Å². The Balaban J connectivity index is 2.16. The third-order valence-corrected chi connectivity index (χ3v) is 4.51. The van der Waals surface area contributed by atoms with Gasteiger partial charge < -0.3 is 10.4 Å². The van der Waals surface area contributed by atoms with Crippen molar-refractivity contribution in [1.82, 2.24) is 15.1 Å². The van der Waals surface area contributed by atoms with E-state index in [1.54, 1.807) is 0 Å². The number of halogens is 1. The molecular weight excluding hydrogens is 282 g/mol. The van der Waals surface area contributed by atoms with Crippen molar-refractivity contribution in [3.63, 3.8) is 0 Å². The average molecular weight is 302 g/mol. The standard InChI is InChI=1S/C12H20BrN3O/c1-3-16-10(12(13)8(2)15-16)6-9-7-14-5-4-11(9)17/h9,11,14,17H,3-7H2,1-2H3. The molecule has 1 aromatic rings. The van der Waals surface area contributed by atoms with Gasteiger partial charge in [0.2, 0.25) is 0 Å². The van der Waals surface area contributed by atoms with Gasteiger partial charge in [-0.05, 0) is 49.2 Å². The van der Waals surface area contributed by atoms with Gasteiger partial charge in [-0.25, -0.2) is 0 Å². The molecular formula is C12H20BrN3O. The molecule has 1 saturated heterocycles. The van der Waals surface area contributed by atoms with Gasteiger partial charge in [0, 0.05) is 19.0 Å². The molecule has 0 saturated carbocycles.